The molecule has 19 heavy (non-hydrogen) atoms. The quantitative estimate of drug-likeness (QED) is 0.887. The molecule has 1 aromatic carbocycles. The van der Waals surface area contributed by atoms with Crippen LogP contribution in [0.15, 0.2) is 27.6 Å². The minimum atomic E-state index is -3.72. The molecule has 0 radical (unpaired) electrons. The van der Waals surface area contributed by atoms with Crippen LogP contribution in [0.25, 0.3) is 0 Å². The van der Waals surface area contributed by atoms with Gasteiger partial charge in [-0.3, -0.25) is 4.79 Å². The van der Waals surface area contributed by atoms with Crippen LogP contribution >= 0.6 is 27.5 Å². The molecule has 104 valence electrons. The zero-order valence-electron chi connectivity index (χ0n) is 9.71. The number of carbonyl (C=O) groups is 1. The van der Waals surface area contributed by atoms with Crippen LogP contribution in [-0.2, 0) is 14.8 Å². The lowest BCUT2D eigenvalue weighted by Crippen LogP contribution is -2.30. The molecule has 1 unspecified atom stereocenters. The second-order valence-corrected chi connectivity index (χ2v) is 7.46. The van der Waals surface area contributed by atoms with Crippen molar-refractivity contribution in [2.45, 2.75) is 11.3 Å². The van der Waals surface area contributed by atoms with Crippen LogP contribution in [0, 0.1) is 5.92 Å². The molecule has 0 amide bonds. The van der Waals surface area contributed by atoms with Gasteiger partial charge in [-0.15, -0.1) is 0 Å². The minimum Gasteiger partial charge on any atom is -0.481 e. The number of hydrogen-bond donors (Lipinski definition) is 1. The highest BCUT2D eigenvalue weighted by Gasteiger charge is 2.36. The fourth-order valence-corrected chi connectivity index (χ4v) is 4.65. The fourth-order valence-electron chi connectivity index (χ4n) is 1.96. The van der Waals surface area contributed by atoms with Crippen molar-refractivity contribution in [3.05, 3.63) is 27.7 Å². The Morgan fingerprint density at radius 3 is 2.74 bits per heavy atom. The van der Waals surface area contributed by atoms with Gasteiger partial charge in [0.05, 0.1) is 10.8 Å². The van der Waals surface area contributed by atoms with Crippen LogP contribution in [0.1, 0.15) is 6.42 Å². The van der Waals surface area contributed by atoms with E-state index in [4.69, 9.17) is 16.7 Å². The smallest absolute Gasteiger partial charge is 0.307 e. The molecule has 1 aliphatic heterocycles. The van der Waals surface area contributed by atoms with E-state index < -0.39 is 21.9 Å². The van der Waals surface area contributed by atoms with Gasteiger partial charge < -0.3 is 5.11 Å². The third kappa shape index (κ3) is 2.94. The van der Waals surface area contributed by atoms with E-state index >= 15 is 0 Å². The summed E-state index contributed by atoms with van der Waals surface area (Å²) in [5, 5.41) is 9.23. The summed E-state index contributed by atoms with van der Waals surface area (Å²) in [5.74, 6) is -1.62. The first kappa shape index (κ1) is 14.8. The largest absolute Gasteiger partial charge is 0.481 e. The number of rotatable bonds is 3. The summed E-state index contributed by atoms with van der Waals surface area (Å²) in [5.41, 5.74) is 0. The van der Waals surface area contributed by atoms with E-state index in [0.29, 0.717) is 15.9 Å². The maximum atomic E-state index is 12.4. The van der Waals surface area contributed by atoms with Crippen LogP contribution < -0.4 is 0 Å². The van der Waals surface area contributed by atoms with E-state index in [1.54, 1.807) is 12.1 Å². The summed E-state index contributed by atoms with van der Waals surface area (Å²) in [6, 6.07) is 4.49. The maximum absolute atomic E-state index is 12.4. The van der Waals surface area contributed by atoms with E-state index in [9.17, 15) is 13.2 Å². The molecule has 0 bridgehead atoms. The highest BCUT2D eigenvalue weighted by molar-refractivity contribution is 9.10. The van der Waals surface area contributed by atoms with Crippen molar-refractivity contribution in [1.29, 1.82) is 0 Å². The van der Waals surface area contributed by atoms with Gasteiger partial charge in [0.1, 0.15) is 0 Å². The first-order chi connectivity index (χ1) is 8.82. The summed E-state index contributed by atoms with van der Waals surface area (Å²) in [6.45, 7) is 0.203. The van der Waals surface area contributed by atoms with E-state index in [-0.39, 0.29) is 18.0 Å². The average molecular weight is 369 g/mol. The third-order valence-electron chi connectivity index (χ3n) is 3.01. The molecule has 1 aliphatic rings. The van der Waals surface area contributed by atoms with Crippen molar-refractivity contribution < 1.29 is 18.3 Å². The average Bonchev–Trinajstić information content (AvgIpc) is 2.82. The lowest BCUT2D eigenvalue weighted by atomic mass is 10.1. The van der Waals surface area contributed by atoms with Gasteiger partial charge in [0.15, 0.2) is 0 Å². The number of benzene rings is 1. The molecule has 0 spiro atoms. The Hall–Kier alpha value is -0.630. The molecule has 1 atom stereocenters. The number of carboxylic acids is 1. The molecule has 1 saturated heterocycles. The van der Waals surface area contributed by atoms with Crippen molar-refractivity contribution in [3.8, 4) is 0 Å². The lowest BCUT2D eigenvalue weighted by molar-refractivity contribution is -0.141. The molecule has 1 aromatic rings. The summed E-state index contributed by atoms with van der Waals surface area (Å²) in [7, 11) is -3.72. The number of hydrogen-bond acceptors (Lipinski definition) is 3. The number of nitrogens with zero attached hydrogens (tertiary/aromatic N) is 1. The molecular weight excluding hydrogens is 358 g/mol. The zero-order chi connectivity index (χ0) is 14.2. The van der Waals surface area contributed by atoms with Crippen molar-refractivity contribution in [1.82, 2.24) is 4.31 Å². The Kier molecular flexibility index (Phi) is 4.20. The Morgan fingerprint density at radius 1 is 1.47 bits per heavy atom. The van der Waals surface area contributed by atoms with Gasteiger partial charge in [0, 0.05) is 22.6 Å². The Balaban J connectivity index is 2.33. The monoisotopic (exact) mass is 367 g/mol. The molecule has 5 nitrogen and oxygen atoms in total. The van der Waals surface area contributed by atoms with Crippen LogP contribution in [-0.4, -0.2) is 36.9 Å². The van der Waals surface area contributed by atoms with Gasteiger partial charge in [0.25, 0.3) is 0 Å². The number of aliphatic carboxylic acids is 1. The summed E-state index contributed by atoms with van der Waals surface area (Å²) in [4.78, 5) is 10.9. The predicted molar refractivity (Wildman–Crippen MR) is 73.7 cm³/mol. The normalized spacial score (nSPS) is 20.6. The Bertz CT molecular complexity index is 619. The van der Waals surface area contributed by atoms with Gasteiger partial charge in [-0.25, -0.2) is 8.42 Å². The maximum Gasteiger partial charge on any atom is 0.307 e. The summed E-state index contributed by atoms with van der Waals surface area (Å²) < 4.78 is 26.4. The van der Waals surface area contributed by atoms with Crippen LogP contribution in [0.5, 0.6) is 0 Å². The van der Waals surface area contributed by atoms with Crippen molar-refractivity contribution in [3.63, 3.8) is 0 Å². The van der Waals surface area contributed by atoms with E-state index in [2.05, 4.69) is 15.9 Å². The van der Waals surface area contributed by atoms with Crippen LogP contribution in [0.2, 0.25) is 5.02 Å². The zero-order valence-corrected chi connectivity index (χ0v) is 12.9. The molecule has 0 aliphatic carbocycles. The molecule has 1 heterocycles. The van der Waals surface area contributed by atoms with Gasteiger partial charge in [-0.2, -0.15) is 4.31 Å². The van der Waals surface area contributed by atoms with Crippen LogP contribution in [0.4, 0.5) is 0 Å². The van der Waals surface area contributed by atoms with E-state index in [0.717, 1.165) is 0 Å². The number of carboxylic acid groups (broad SMARTS) is 1. The molecule has 1 fully saturated rings. The van der Waals surface area contributed by atoms with Crippen molar-refractivity contribution in [2.24, 2.45) is 5.92 Å². The molecule has 2 rings (SSSR count). The summed E-state index contributed by atoms with van der Waals surface area (Å²) in [6.07, 6.45) is 0.326. The molecular formula is C11H11BrClNO4S. The molecule has 1 N–H and O–H groups in total. The van der Waals surface area contributed by atoms with Gasteiger partial charge in [-0.1, -0.05) is 11.6 Å². The van der Waals surface area contributed by atoms with E-state index in [1.807, 2.05) is 0 Å². The highest BCUT2D eigenvalue weighted by atomic mass is 79.9. The SMILES string of the molecule is O=C(O)C1CCN(S(=O)(=O)c2cc(Cl)ccc2Br)C1. The number of halogens is 2. The number of sulfonamides is 1. The van der Waals surface area contributed by atoms with Gasteiger partial charge in [-0.05, 0) is 40.5 Å². The molecule has 0 aromatic heterocycles. The van der Waals surface area contributed by atoms with Crippen LogP contribution in [0.3, 0.4) is 0 Å². The second-order valence-electron chi connectivity index (χ2n) is 4.26. The van der Waals surface area contributed by atoms with Gasteiger partial charge >= 0.3 is 5.97 Å². The fraction of sp³-hybridized carbons (Fsp3) is 0.364. The molecule has 0 saturated carbocycles. The standard InChI is InChI=1S/C11H11BrClNO4S/c12-9-2-1-8(13)5-10(9)19(17,18)14-4-3-7(6-14)11(15)16/h1-2,5,7H,3-4,6H2,(H,15,16). The minimum absolute atomic E-state index is 0.00335. The second kappa shape index (κ2) is 5.40. The topological polar surface area (TPSA) is 74.7 Å². The lowest BCUT2D eigenvalue weighted by Gasteiger charge is -2.17. The van der Waals surface area contributed by atoms with Crippen molar-refractivity contribution >= 4 is 43.5 Å². The Labute approximate surface area is 124 Å². The molecule has 8 heteroatoms. The summed E-state index contributed by atoms with van der Waals surface area (Å²) >= 11 is 8.99. The first-order valence-electron chi connectivity index (χ1n) is 5.50. The third-order valence-corrected chi connectivity index (χ3v) is 6.11. The predicted octanol–water partition coefficient (Wildman–Crippen LogP) is 2.20. The van der Waals surface area contributed by atoms with Crippen molar-refractivity contribution in [2.75, 3.05) is 13.1 Å². The highest BCUT2D eigenvalue weighted by Crippen LogP contribution is 2.31. The first-order valence-corrected chi connectivity index (χ1v) is 8.11. The van der Waals surface area contributed by atoms with Gasteiger partial charge in [0.2, 0.25) is 10.0 Å². The Morgan fingerprint density at radius 2 is 2.16 bits per heavy atom. The van der Waals surface area contributed by atoms with E-state index in [1.165, 1.54) is 10.4 Å².